The van der Waals surface area contributed by atoms with Crippen LogP contribution in [0, 0.1) is 92.2 Å². The van der Waals surface area contributed by atoms with Gasteiger partial charge in [-0.2, -0.15) is 0 Å². The molecule has 13 aliphatic carbocycles. The van der Waals surface area contributed by atoms with E-state index >= 15 is 0 Å². The molecular weight excluding hydrogens is 1080 g/mol. The molecule has 0 N–H and O–H groups in total. The minimum absolute atomic E-state index is 0. The first-order valence-electron chi connectivity index (χ1n) is 31.5. The topological polar surface area (TPSA) is 159 Å². The van der Waals surface area contributed by atoms with Crippen molar-refractivity contribution in [2.24, 2.45) is 92.2 Å². The highest BCUT2D eigenvalue weighted by atomic mass is 16.7. The molecule has 5 atom stereocenters. The highest BCUT2D eigenvalue weighted by Gasteiger charge is 2.55. The summed E-state index contributed by atoms with van der Waals surface area (Å²) in [6.45, 7) is 24.4. The van der Waals surface area contributed by atoms with E-state index in [0.717, 1.165) is 112 Å². The Kier molecular flexibility index (Phi) is 36.8. The van der Waals surface area contributed by atoms with Crippen molar-refractivity contribution in [2.45, 2.75) is 315 Å². The minimum atomic E-state index is -0.469. The van der Waals surface area contributed by atoms with Crippen LogP contribution >= 0.6 is 0 Å². The second-order valence-corrected chi connectivity index (χ2v) is 29.3. The first-order chi connectivity index (χ1) is 36.9. The van der Waals surface area contributed by atoms with E-state index in [2.05, 4.69) is 0 Å². The van der Waals surface area contributed by atoms with Crippen molar-refractivity contribution in [3.63, 3.8) is 0 Å². The molecule has 0 aromatic carbocycles. The molecule has 12 bridgehead atoms. The summed E-state index contributed by atoms with van der Waals surface area (Å²) in [7, 11) is 0. The predicted octanol–water partition coefficient (Wildman–Crippen LogP) is 19.2. The summed E-state index contributed by atoms with van der Waals surface area (Å²) < 4.78 is 44.2. The molecular formula is C73H140O13. The van der Waals surface area contributed by atoms with E-state index in [-0.39, 0.29) is 128 Å². The first-order valence-corrected chi connectivity index (χ1v) is 31.5. The molecule has 13 heteroatoms. The van der Waals surface area contributed by atoms with Gasteiger partial charge in [-0.3, -0.25) is 24.0 Å². The number of Topliss-reactive ketones (excluding diaryl/α,β-unsaturated/α-hetero) is 1. The lowest BCUT2D eigenvalue weighted by atomic mass is 9.50. The lowest BCUT2D eigenvalue weighted by molar-refractivity contribution is -0.194. The molecule has 13 fully saturated rings. The monoisotopic (exact) mass is 1230 g/mol. The van der Waals surface area contributed by atoms with Gasteiger partial charge in [0.05, 0.1) is 46.6 Å². The number of hydrogen-bond donors (Lipinski definition) is 0. The van der Waals surface area contributed by atoms with E-state index in [1.54, 1.807) is 0 Å². The van der Waals surface area contributed by atoms with Crippen LogP contribution in [0.3, 0.4) is 0 Å². The largest absolute Gasteiger partial charge is 0.438 e. The third kappa shape index (κ3) is 22.1. The molecule has 510 valence electrons. The fourth-order valence-electron chi connectivity index (χ4n) is 15.9. The molecule has 0 aromatic heterocycles. The van der Waals surface area contributed by atoms with E-state index < -0.39 is 21.7 Å². The van der Waals surface area contributed by atoms with Crippen molar-refractivity contribution >= 4 is 29.7 Å². The van der Waals surface area contributed by atoms with Crippen LogP contribution in [0.2, 0.25) is 0 Å². The lowest BCUT2D eigenvalue weighted by Crippen LogP contribution is -2.55. The van der Waals surface area contributed by atoms with E-state index in [1.165, 1.54) is 96.3 Å². The van der Waals surface area contributed by atoms with Gasteiger partial charge in [0.1, 0.15) is 5.78 Å². The Balaban J connectivity index is 0. The van der Waals surface area contributed by atoms with Crippen LogP contribution in [0.5, 0.6) is 0 Å². The normalized spacial score (nSPS) is 31.0. The maximum Gasteiger partial charge on any atom is 0.313 e. The van der Waals surface area contributed by atoms with Crippen LogP contribution in [0.1, 0.15) is 297 Å². The predicted molar refractivity (Wildman–Crippen MR) is 353 cm³/mol. The molecule has 5 unspecified atom stereocenters. The van der Waals surface area contributed by atoms with E-state index in [0.29, 0.717) is 29.3 Å². The summed E-state index contributed by atoms with van der Waals surface area (Å²) in [5, 5.41) is 0. The molecule has 13 nitrogen and oxygen atoms in total. The summed E-state index contributed by atoms with van der Waals surface area (Å²) in [5.74, 6) is 7.49. The highest BCUT2D eigenvalue weighted by molar-refractivity contribution is 5.86. The Bertz CT molecular complexity index is 1920. The molecule has 0 saturated heterocycles. The quantitative estimate of drug-likeness (QED) is 0.0463. The second kappa shape index (κ2) is 37.0. The molecule has 13 rings (SSSR count). The van der Waals surface area contributed by atoms with Crippen LogP contribution in [0.15, 0.2) is 0 Å². The van der Waals surface area contributed by atoms with Crippen molar-refractivity contribution in [1.82, 2.24) is 0 Å². The maximum atomic E-state index is 12.3. The summed E-state index contributed by atoms with van der Waals surface area (Å²) >= 11 is 0. The van der Waals surface area contributed by atoms with Crippen LogP contribution in [-0.2, 0) is 61.9 Å². The zero-order valence-electron chi connectivity index (χ0n) is 50.9. The van der Waals surface area contributed by atoms with Crippen molar-refractivity contribution in [3.05, 3.63) is 0 Å². The molecule has 0 radical (unpaired) electrons. The Hall–Kier alpha value is -2.61. The van der Waals surface area contributed by atoms with Gasteiger partial charge in [0, 0.05) is 11.8 Å². The number of ketones is 1. The molecule has 13 saturated carbocycles. The van der Waals surface area contributed by atoms with Gasteiger partial charge in [-0.25, -0.2) is 0 Å². The van der Waals surface area contributed by atoms with E-state index in [1.807, 2.05) is 83.1 Å². The number of esters is 4. The van der Waals surface area contributed by atoms with Crippen LogP contribution in [-0.4, -0.2) is 81.8 Å². The van der Waals surface area contributed by atoms with Gasteiger partial charge in [-0.1, -0.05) is 106 Å². The number of rotatable bonds is 21. The fraction of sp³-hybridized carbons (Fsp3) is 0.932. The van der Waals surface area contributed by atoms with Crippen molar-refractivity contribution < 1.29 is 61.9 Å². The van der Waals surface area contributed by atoms with Gasteiger partial charge >= 0.3 is 23.9 Å². The smallest absolute Gasteiger partial charge is 0.313 e. The van der Waals surface area contributed by atoms with Gasteiger partial charge in [-0.15, -0.1) is 0 Å². The van der Waals surface area contributed by atoms with Gasteiger partial charge in [0.15, 0.2) is 27.2 Å². The molecule has 0 aromatic rings. The molecule has 0 amide bonds. The van der Waals surface area contributed by atoms with Gasteiger partial charge in [0.25, 0.3) is 0 Å². The maximum absolute atomic E-state index is 12.3. The SMILES string of the molecule is C.C.C.C.C.C.C.C.CCC(C)(C)C(=O)OCOC1C2CC3CC(C2)C(=O)C1C3.CCC(C)(C)C(=O)OCOC1C2CC3CC(C2)CC1C3.CCC(C)(C)C(=O)OCOC1CCCCC1.CCC(C)(C)C(=O)OCOCC12CC3CC(CC(C3)C1)C2. The molecule has 86 heavy (non-hydrogen) atoms. The average Bonchev–Trinajstić information content (AvgIpc) is 0.878. The van der Waals surface area contributed by atoms with Crippen molar-refractivity contribution in [3.8, 4) is 0 Å². The summed E-state index contributed by atoms with van der Waals surface area (Å²) in [4.78, 5) is 59.7. The number of hydrogen-bond acceptors (Lipinski definition) is 13. The van der Waals surface area contributed by atoms with Crippen molar-refractivity contribution in [1.29, 1.82) is 0 Å². The summed E-state index contributed by atoms with van der Waals surface area (Å²) in [6.07, 6.45) is 29.2. The second-order valence-electron chi connectivity index (χ2n) is 29.3. The highest BCUT2D eigenvalue weighted by Crippen LogP contribution is 2.60. The number of carbonyl (C=O) groups excluding carboxylic acids is 5. The average molecular weight is 1230 g/mol. The van der Waals surface area contributed by atoms with E-state index in [4.69, 9.17) is 37.9 Å². The van der Waals surface area contributed by atoms with Gasteiger partial charge in [-0.05, 0) is 249 Å². The lowest BCUT2D eigenvalue weighted by Gasteiger charge is -2.56. The zero-order valence-corrected chi connectivity index (χ0v) is 50.9. The van der Waals surface area contributed by atoms with Crippen LogP contribution < -0.4 is 0 Å². The van der Waals surface area contributed by atoms with Gasteiger partial charge in [0.2, 0.25) is 0 Å². The van der Waals surface area contributed by atoms with Crippen LogP contribution in [0.25, 0.3) is 0 Å². The third-order valence-electron chi connectivity index (χ3n) is 21.7. The summed E-state index contributed by atoms with van der Waals surface area (Å²) in [6, 6.07) is 0. The first kappa shape index (κ1) is 85.5. The Morgan fingerprint density at radius 2 is 0.744 bits per heavy atom. The Labute approximate surface area is 530 Å². The van der Waals surface area contributed by atoms with Crippen LogP contribution in [0.4, 0.5) is 0 Å². The molecule has 0 spiro atoms. The summed E-state index contributed by atoms with van der Waals surface area (Å²) in [5.41, 5.74) is -1.25. The minimum Gasteiger partial charge on any atom is -0.438 e. The standard InChI is InChI=1S/C18H30O3.C17H26O4.C17H28O3.C13H24O3.8CH4/c1-4-17(2,3)16(19)21-12-20-11-18-8-13-5-14(9-18)7-15(6-13)10-18;1-4-17(2,3)16(19)21-9-20-15-12-6-10-5-11(8-12)14(18)13(15)7-10;1-4-17(2,3)16(18)20-10-19-15-13-6-11-5-12(8-13)9-14(15)7-11;1-4-13(2,3)12(14)16-10-15-11-8-6-5-7-9-11;;;;;;;;/h13-15H,4-12H2,1-3H3;10-13,15H,4-9H2,1-3H3;11-15H,4-10H2,1-3H3;11H,4-10H2,1-3H3;8*1H4. The molecule has 0 aliphatic heterocycles. The number of ether oxygens (including phenoxy) is 8. The molecule has 13 aliphatic rings. The fourth-order valence-corrected chi connectivity index (χ4v) is 15.9. The Morgan fingerprint density at radius 1 is 0.407 bits per heavy atom. The Morgan fingerprint density at radius 3 is 1.14 bits per heavy atom. The third-order valence-corrected chi connectivity index (χ3v) is 21.7. The van der Waals surface area contributed by atoms with E-state index in [9.17, 15) is 24.0 Å². The van der Waals surface area contributed by atoms with Gasteiger partial charge < -0.3 is 37.9 Å². The molecule has 0 heterocycles. The van der Waals surface area contributed by atoms with Crippen molar-refractivity contribution in [2.75, 3.05) is 33.8 Å². The zero-order chi connectivity index (χ0) is 56.6. The number of carbonyl (C=O) groups is 5.